The molecule has 0 radical (unpaired) electrons. The number of rotatable bonds is 1. The summed E-state index contributed by atoms with van der Waals surface area (Å²) in [6.45, 7) is 4.37. The van der Waals surface area contributed by atoms with Crippen LogP contribution < -0.4 is 10.6 Å². The molecule has 3 rings (SSSR count). The van der Waals surface area contributed by atoms with Crippen LogP contribution in [-0.2, 0) is 5.54 Å². The first-order chi connectivity index (χ1) is 7.31. The van der Waals surface area contributed by atoms with Gasteiger partial charge in [-0.05, 0) is 30.3 Å². The van der Waals surface area contributed by atoms with Gasteiger partial charge in [0.05, 0.1) is 5.54 Å². The monoisotopic (exact) mass is 201 g/mol. The van der Waals surface area contributed by atoms with Crippen molar-refractivity contribution in [3.05, 3.63) is 41.9 Å². The minimum atomic E-state index is -0.0254. The first kappa shape index (κ1) is 8.92. The van der Waals surface area contributed by atoms with E-state index in [4.69, 9.17) is 0 Å². The van der Waals surface area contributed by atoms with Gasteiger partial charge in [0, 0.05) is 31.4 Å². The average molecular weight is 201 g/mol. The quantitative estimate of drug-likeness (QED) is 0.712. The lowest BCUT2D eigenvalue weighted by molar-refractivity contribution is 0.499. The average Bonchev–Trinajstić information content (AvgIpc) is 2.85. The van der Waals surface area contributed by atoms with Crippen LogP contribution in [0.15, 0.2) is 36.3 Å². The zero-order valence-corrected chi connectivity index (χ0v) is 8.83. The van der Waals surface area contributed by atoms with Gasteiger partial charge in [-0.15, -0.1) is 0 Å². The van der Waals surface area contributed by atoms with Crippen molar-refractivity contribution in [3.63, 3.8) is 0 Å². The Morgan fingerprint density at radius 3 is 3.20 bits per heavy atom. The van der Waals surface area contributed by atoms with E-state index in [1.807, 2.05) is 18.5 Å². The molecule has 1 saturated heterocycles. The summed E-state index contributed by atoms with van der Waals surface area (Å²) in [5, 5.41) is 6.93. The van der Waals surface area contributed by atoms with Crippen LogP contribution in [0, 0.1) is 5.92 Å². The smallest absolute Gasteiger partial charge is 0.0657 e. The van der Waals surface area contributed by atoms with Gasteiger partial charge in [-0.3, -0.25) is 4.98 Å². The van der Waals surface area contributed by atoms with Gasteiger partial charge in [0.2, 0.25) is 0 Å². The fourth-order valence-electron chi connectivity index (χ4n) is 2.63. The first-order valence-electron chi connectivity index (χ1n) is 5.40. The zero-order valence-electron chi connectivity index (χ0n) is 8.83. The van der Waals surface area contributed by atoms with Gasteiger partial charge >= 0.3 is 0 Å². The third-order valence-electron chi connectivity index (χ3n) is 3.58. The van der Waals surface area contributed by atoms with Crippen molar-refractivity contribution in [3.8, 4) is 0 Å². The predicted molar refractivity (Wildman–Crippen MR) is 59.2 cm³/mol. The highest BCUT2D eigenvalue weighted by atomic mass is 15.1. The lowest BCUT2D eigenvalue weighted by atomic mass is 9.85. The molecule has 0 spiro atoms. The zero-order chi connectivity index (χ0) is 10.3. The Kier molecular flexibility index (Phi) is 1.83. The van der Waals surface area contributed by atoms with Crippen molar-refractivity contribution in [1.82, 2.24) is 15.6 Å². The van der Waals surface area contributed by atoms with E-state index in [2.05, 4.69) is 34.8 Å². The summed E-state index contributed by atoms with van der Waals surface area (Å²) >= 11 is 0. The largest absolute Gasteiger partial charge is 0.390 e. The molecule has 15 heavy (non-hydrogen) atoms. The molecule has 2 N–H and O–H groups in total. The molecule has 2 unspecified atom stereocenters. The number of hydrogen-bond donors (Lipinski definition) is 2. The molecular weight excluding hydrogens is 186 g/mol. The lowest BCUT2D eigenvalue weighted by Gasteiger charge is -2.26. The second-order valence-corrected chi connectivity index (χ2v) is 4.45. The van der Waals surface area contributed by atoms with E-state index in [0.717, 1.165) is 13.1 Å². The summed E-state index contributed by atoms with van der Waals surface area (Å²) < 4.78 is 0. The molecule has 3 heteroatoms. The maximum atomic E-state index is 4.20. The van der Waals surface area contributed by atoms with Crippen LogP contribution in [0.1, 0.15) is 12.5 Å². The van der Waals surface area contributed by atoms with Gasteiger partial charge in [0.1, 0.15) is 0 Å². The number of fused-ring (bicyclic) bond motifs is 1. The van der Waals surface area contributed by atoms with E-state index in [1.165, 1.54) is 11.1 Å². The van der Waals surface area contributed by atoms with Crippen LogP contribution in [0.2, 0.25) is 0 Å². The van der Waals surface area contributed by atoms with Crippen molar-refractivity contribution in [2.45, 2.75) is 12.5 Å². The Bertz CT molecular complexity index is 399. The normalized spacial score (nSPS) is 33.4. The highest BCUT2D eigenvalue weighted by molar-refractivity contribution is 5.39. The van der Waals surface area contributed by atoms with E-state index < -0.39 is 0 Å². The summed E-state index contributed by atoms with van der Waals surface area (Å²) in [6.07, 6.45) is 5.94. The molecule has 78 valence electrons. The predicted octanol–water partition coefficient (Wildman–Crippen LogP) is 1.00. The summed E-state index contributed by atoms with van der Waals surface area (Å²) in [5.74, 6) is 0.648. The Morgan fingerprint density at radius 1 is 1.47 bits per heavy atom. The van der Waals surface area contributed by atoms with Crippen LogP contribution in [0.25, 0.3) is 0 Å². The topological polar surface area (TPSA) is 37.0 Å². The number of nitrogens with zero attached hydrogens (tertiary/aromatic N) is 1. The molecule has 0 aliphatic carbocycles. The molecule has 1 aromatic rings. The van der Waals surface area contributed by atoms with Gasteiger partial charge in [-0.1, -0.05) is 6.07 Å². The highest BCUT2D eigenvalue weighted by Gasteiger charge is 2.42. The van der Waals surface area contributed by atoms with Gasteiger partial charge in [-0.25, -0.2) is 0 Å². The molecule has 0 aromatic carbocycles. The summed E-state index contributed by atoms with van der Waals surface area (Å²) in [5.41, 5.74) is 2.69. The van der Waals surface area contributed by atoms with Crippen LogP contribution in [0.4, 0.5) is 0 Å². The minimum absolute atomic E-state index is 0.0254. The molecular formula is C12H15N3. The SMILES string of the molecule is CC1(c2cccnc2)NCC2CNC=C21. The van der Waals surface area contributed by atoms with E-state index in [1.54, 1.807) is 0 Å². The third kappa shape index (κ3) is 1.20. The number of nitrogens with one attached hydrogen (secondary N) is 2. The highest BCUT2D eigenvalue weighted by Crippen LogP contribution is 2.39. The molecule has 2 aliphatic heterocycles. The van der Waals surface area contributed by atoms with Crippen molar-refractivity contribution in [2.24, 2.45) is 5.92 Å². The fourth-order valence-corrected chi connectivity index (χ4v) is 2.63. The molecule has 3 nitrogen and oxygen atoms in total. The van der Waals surface area contributed by atoms with Crippen molar-refractivity contribution in [1.29, 1.82) is 0 Å². The van der Waals surface area contributed by atoms with Crippen LogP contribution in [0.3, 0.4) is 0 Å². The van der Waals surface area contributed by atoms with Crippen LogP contribution in [-0.4, -0.2) is 18.1 Å². The standard InChI is InChI=1S/C12H15N3/c1-12(10-3-2-4-13-7-10)11-8-14-5-9(11)6-15-12/h2-4,7-9,14-15H,5-6H2,1H3. The molecule has 2 atom stereocenters. The Hall–Kier alpha value is -1.35. The molecule has 1 aromatic heterocycles. The number of pyridine rings is 1. The molecule has 0 bridgehead atoms. The summed E-state index contributed by atoms with van der Waals surface area (Å²) in [6, 6.07) is 4.14. The molecule has 0 saturated carbocycles. The molecule has 1 fully saturated rings. The Labute approximate surface area is 89.6 Å². The summed E-state index contributed by atoms with van der Waals surface area (Å²) in [4.78, 5) is 4.20. The maximum absolute atomic E-state index is 4.20. The van der Waals surface area contributed by atoms with E-state index >= 15 is 0 Å². The van der Waals surface area contributed by atoms with Gasteiger partial charge in [0.15, 0.2) is 0 Å². The van der Waals surface area contributed by atoms with Gasteiger partial charge < -0.3 is 10.6 Å². The fraction of sp³-hybridized carbons (Fsp3) is 0.417. The number of hydrogen-bond acceptors (Lipinski definition) is 3. The number of aromatic nitrogens is 1. The second kappa shape index (κ2) is 3.07. The second-order valence-electron chi connectivity index (χ2n) is 4.45. The van der Waals surface area contributed by atoms with Gasteiger partial charge in [0.25, 0.3) is 0 Å². The van der Waals surface area contributed by atoms with Gasteiger partial charge in [-0.2, -0.15) is 0 Å². The van der Waals surface area contributed by atoms with E-state index in [0.29, 0.717) is 5.92 Å². The van der Waals surface area contributed by atoms with Crippen molar-refractivity contribution < 1.29 is 0 Å². The van der Waals surface area contributed by atoms with Crippen molar-refractivity contribution in [2.75, 3.05) is 13.1 Å². The Morgan fingerprint density at radius 2 is 2.40 bits per heavy atom. The molecule has 3 heterocycles. The van der Waals surface area contributed by atoms with Crippen LogP contribution >= 0.6 is 0 Å². The van der Waals surface area contributed by atoms with Crippen LogP contribution in [0.5, 0.6) is 0 Å². The Balaban J connectivity index is 2.04. The van der Waals surface area contributed by atoms with Crippen molar-refractivity contribution >= 4 is 0 Å². The van der Waals surface area contributed by atoms with E-state index in [9.17, 15) is 0 Å². The lowest BCUT2D eigenvalue weighted by Crippen LogP contribution is -2.35. The van der Waals surface area contributed by atoms with E-state index in [-0.39, 0.29) is 5.54 Å². The molecule has 2 aliphatic rings. The molecule has 0 amide bonds. The first-order valence-corrected chi connectivity index (χ1v) is 5.40. The maximum Gasteiger partial charge on any atom is 0.0657 e. The summed E-state index contributed by atoms with van der Waals surface area (Å²) in [7, 11) is 0. The third-order valence-corrected chi connectivity index (χ3v) is 3.58. The minimum Gasteiger partial charge on any atom is -0.390 e.